The number of likely N-dealkylation sites (tertiary alicyclic amines) is 1. The van der Waals surface area contributed by atoms with Gasteiger partial charge in [0, 0.05) is 6.54 Å². The van der Waals surface area contributed by atoms with Crippen molar-refractivity contribution in [2.45, 2.75) is 19.4 Å². The summed E-state index contributed by atoms with van der Waals surface area (Å²) in [5.41, 5.74) is 3.62. The second kappa shape index (κ2) is 3.66. The van der Waals surface area contributed by atoms with Gasteiger partial charge in [-0.1, -0.05) is 12.1 Å². The standard InChI is InChI=1S/C12H15N3/c1-2-7-15(6-1)8-10-4-3-5-11-12(10)14-9-13-11/h3-5,9H,1-2,6-8H2,(H,13,14). The number of hydrogen-bond donors (Lipinski definition) is 1. The molecule has 2 heterocycles. The Morgan fingerprint density at radius 3 is 3.00 bits per heavy atom. The number of aromatic amines is 1. The number of hydrogen-bond acceptors (Lipinski definition) is 2. The van der Waals surface area contributed by atoms with Crippen LogP contribution < -0.4 is 0 Å². The molecule has 3 nitrogen and oxygen atoms in total. The van der Waals surface area contributed by atoms with Crippen molar-refractivity contribution in [2.24, 2.45) is 0 Å². The van der Waals surface area contributed by atoms with E-state index in [1.807, 2.05) is 0 Å². The van der Waals surface area contributed by atoms with Crippen molar-refractivity contribution in [1.82, 2.24) is 14.9 Å². The third-order valence-electron chi connectivity index (χ3n) is 3.13. The van der Waals surface area contributed by atoms with Gasteiger partial charge in [-0.25, -0.2) is 4.98 Å². The Morgan fingerprint density at radius 2 is 2.13 bits per heavy atom. The first kappa shape index (κ1) is 8.92. The van der Waals surface area contributed by atoms with Crippen molar-refractivity contribution >= 4 is 11.0 Å². The monoisotopic (exact) mass is 201 g/mol. The van der Waals surface area contributed by atoms with Crippen molar-refractivity contribution in [3.63, 3.8) is 0 Å². The first-order valence-corrected chi connectivity index (χ1v) is 5.57. The molecule has 78 valence electrons. The fourth-order valence-corrected chi connectivity index (χ4v) is 2.34. The number of aromatic nitrogens is 2. The van der Waals surface area contributed by atoms with Crippen LogP contribution in [0, 0.1) is 0 Å². The van der Waals surface area contributed by atoms with Crippen LogP contribution in [0.1, 0.15) is 18.4 Å². The molecule has 0 saturated carbocycles. The van der Waals surface area contributed by atoms with E-state index >= 15 is 0 Å². The summed E-state index contributed by atoms with van der Waals surface area (Å²) in [6, 6.07) is 6.36. The molecule has 1 aromatic heterocycles. The maximum Gasteiger partial charge on any atom is 0.0932 e. The highest BCUT2D eigenvalue weighted by atomic mass is 15.1. The highest BCUT2D eigenvalue weighted by Gasteiger charge is 2.13. The van der Waals surface area contributed by atoms with Crippen LogP contribution in [0.25, 0.3) is 11.0 Å². The second-order valence-corrected chi connectivity index (χ2v) is 4.20. The number of benzene rings is 1. The number of rotatable bonds is 2. The summed E-state index contributed by atoms with van der Waals surface area (Å²) in [7, 11) is 0. The molecule has 1 saturated heterocycles. The lowest BCUT2D eigenvalue weighted by Crippen LogP contribution is -2.18. The van der Waals surface area contributed by atoms with E-state index in [0.29, 0.717) is 0 Å². The van der Waals surface area contributed by atoms with E-state index < -0.39 is 0 Å². The molecular weight excluding hydrogens is 186 g/mol. The molecule has 0 aliphatic carbocycles. The van der Waals surface area contributed by atoms with Gasteiger partial charge in [-0.2, -0.15) is 0 Å². The molecule has 1 N–H and O–H groups in total. The Labute approximate surface area is 89.1 Å². The quantitative estimate of drug-likeness (QED) is 0.807. The van der Waals surface area contributed by atoms with Gasteiger partial charge in [-0.05, 0) is 37.6 Å². The number of para-hydroxylation sites is 1. The van der Waals surface area contributed by atoms with Gasteiger partial charge < -0.3 is 4.98 Å². The Bertz CT molecular complexity index is 455. The zero-order valence-electron chi connectivity index (χ0n) is 8.74. The van der Waals surface area contributed by atoms with Crippen LogP contribution in [0.3, 0.4) is 0 Å². The minimum absolute atomic E-state index is 1.04. The molecule has 3 heteroatoms. The first-order valence-electron chi connectivity index (χ1n) is 5.57. The first-order chi connectivity index (χ1) is 7.43. The van der Waals surface area contributed by atoms with E-state index in [1.165, 1.54) is 31.5 Å². The van der Waals surface area contributed by atoms with Gasteiger partial charge in [0.2, 0.25) is 0 Å². The van der Waals surface area contributed by atoms with Crippen LogP contribution in [0.5, 0.6) is 0 Å². The van der Waals surface area contributed by atoms with E-state index in [1.54, 1.807) is 6.33 Å². The lowest BCUT2D eigenvalue weighted by Gasteiger charge is -2.14. The van der Waals surface area contributed by atoms with E-state index in [9.17, 15) is 0 Å². The van der Waals surface area contributed by atoms with Crippen LogP contribution in [0.15, 0.2) is 24.5 Å². The van der Waals surface area contributed by atoms with Crippen LogP contribution in [0.2, 0.25) is 0 Å². The van der Waals surface area contributed by atoms with Crippen molar-refractivity contribution in [3.8, 4) is 0 Å². The zero-order chi connectivity index (χ0) is 10.1. The molecule has 15 heavy (non-hydrogen) atoms. The largest absolute Gasteiger partial charge is 0.345 e. The van der Waals surface area contributed by atoms with Crippen LogP contribution in [0.4, 0.5) is 0 Å². The SMILES string of the molecule is c1cc(CN2CCCC2)c2nc[nH]c2c1. The summed E-state index contributed by atoms with van der Waals surface area (Å²) >= 11 is 0. The Kier molecular flexibility index (Phi) is 2.18. The third kappa shape index (κ3) is 1.63. The summed E-state index contributed by atoms with van der Waals surface area (Å²) in [6.45, 7) is 3.52. The van der Waals surface area contributed by atoms with Crippen LogP contribution in [-0.2, 0) is 6.54 Å². The number of H-pyrrole nitrogens is 1. The highest BCUT2D eigenvalue weighted by Crippen LogP contribution is 2.18. The Balaban J connectivity index is 1.92. The molecule has 0 unspecified atom stereocenters. The van der Waals surface area contributed by atoms with E-state index in [0.717, 1.165) is 17.6 Å². The average molecular weight is 201 g/mol. The predicted molar refractivity (Wildman–Crippen MR) is 60.6 cm³/mol. The highest BCUT2D eigenvalue weighted by molar-refractivity contribution is 5.78. The fourth-order valence-electron chi connectivity index (χ4n) is 2.34. The normalized spacial score (nSPS) is 17.6. The molecule has 0 amide bonds. The van der Waals surface area contributed by atoms with Gasteiger partial charge in [0.15, 0.2) is 0 Å². The third-order valence-corrected chi connectivity index (χ3v) is 3.13. The zero-order valence-corrected chi connectivity index (χ0v) is 8.74. The van der Waals surface area contributed by atoms with Gasteiger partial charge in [0.05, 0.1) is 17.4 Å². The summed E-state index contributed by atoms with van der Waals surface area (Å²) < 4.78 is 0. The smallest absolute Gasteiger partial charge is 0.0932 e. The van der Waals surface area contributed by atoms with E-state index in [2.05, 4.69) is 33.1 Å². The number of nitrogens with one attached hydrogen (secondary N) is 1. The molecule has 1 aromatic carbocycles. The van der Waals surface area contributed by atoms with Crippen molar-refractivity contribution < 1.29 is 0 Å². The number of nitrogens with zero attached hydrogens (tertiary/aromatic N) is 2. The maximum atomic E-state index is 4.38. The topological polar surface area (TPSA) is 31.9 Å². The summed E-state index contributed by atoms with van der Waals surface area (Å²) in [4.78, 5) is 10.0. The van der Waals surface area contributed by atoms with E-state index in [4.69, 9.17) is 0 Å². The Hall–Kier alpha value is -1.35. The lowest BCUT2D eigenvalue weighted by molar-refractivity contribution is 0.332. The van der Waals surface area contributed by atoms with Gasteiger partial charge in [0.25, 0.3) is 0 Å². The minimum Gasteiger partial charge on any atom is -0.345 e. The molecule has 0 atom stereocenters. The van der Waals surface area contributed by atoms with Crippen LogP contribution in [-0.4, -0.2) is 28.0 Å². The van der Waals surface area contributed by atoms with Crippen molar-refractivity contribution in [2.75, 3.05) is 13.1 Å². The second-order valence-electron chi connectivity index (χ2n) is 4.20. The molecule has 2 aromatic rings. The van der Waals surface area contributed by atoms with Gasteiger partial charge in [0.1, 0.15) is 0 Å². The van der Waals surface area contributed by atoms with Crippen LogP contribution >= 0.6 is 0 Å². The molecule has 0 bridgehead atoms. The lowest BCUT2D eigenvalue weighted by atomic mass is 10.2. The summed E-state index contributed by atoms with van der Waals surface area (Å²) in [6.07, 6.45) is 4.46. The van der Waals surface area contributed by atoms with Crippen molar-refractivity contribution in [1.29, 1.82) is 0 Å². The molecule has 1 fully saturated rings. The predicted octanol–water partition coefficient (Wildman–Crippen LogP) is 2.16. The number of fused-ring (bicyclic) bond motifs is 1. The van der Waals surface area contributed by atoms with Gasteiger partial charge in [-0.15, -0.1) is 0 Å². The summed E-state index contributed by atoms with van der Waals surface area (Å²) in [5.74, 6) is 0. The Morgan fingerprint density at radius 1 is 1.27 bits per heavy atom. The maximum absolute atomic E-state index is 4.38. The molecule has 1 aliphatic rings. The average Bonchev–Trinajstić information content (AvgIpc) is 2.87. The molecule has 0 radical (unpaired) electrons. The number of imidazole rings is 1. The molecule has 3 rings (SSSR count). The van der Waals surface area contributed by atoms with Gasteiger partial charge >= 0.3 is 0 Å². The minimum atomic E-state index is 1.04. The molecule has 0 spiro atoms. The van der Waals surface area contributed by atoms with E-state index in [-0.39, 0.29) is 0 Å². The molecular formula is C12H15N3. The fraction of sp³-hybridized carbons (Fsp3) is 0.417. The summed E-state index contributed by atoms with van der Waals surface area (Å²) in [5, 5.41) is 0. The van der Waals surface area contributed by atoms with Gasteiger partial charge in [-0.3, -0.25) is 4.90 Å². The van der Waals surface area contributed by atoms with Crippen molar-refractivity contribution in [3.05, 3.63) is 30.1 Å². The molecule has 1 aliphatic heterocycles.